The molecule has 0 aliphatic heterocycles. The van der Waals surface area contributed by atoms with Crippen molar-refractivity contribution in [3.05, 3.63) is 111 Å². The molecule has 0 spiro atoms. The van der Waals surface area contributed by atoms with Crippen LogP contribution in [0.4, 0.5) is 0 Å². The van der Waals surface area contributed by atoms with Gasteiger partial charge in [-0.3, -0.25) is 6.08 Å². The third-order valence-corrected chi connectivity index (χ3v) is 16.4. The van der Waals surface area contributed by atoms with Gasteiger partial charge < -0.3 is 37.2 Å². The molecule has 56 heavy (non-hydrogen) atoms. The van der Waals surface area contributed by atoms with Crippen molar-refractivity contribution in [1.82, 2.24) is 0 Å². The molecule has 0 saturated heterocycles. The minimum absolute atomic E-state index is 0. The number of halogens is 3. The van der Waals surface area contributed by atoms with E-state index in [0.717, 1.165) is 12.8 Å². The van der Waals surface area contributed by atoms with E-state index in [1.165, 1.54) is 59.7 Å². The van der Waals surface area contributed by atoms with Crippen molar-refractivity contribution in [1.29, 1.82) is 0 Å². The van der Waals surface area contributed by atoms with Crippen molar-refractivity contribution in [2.75, 3.05) is 0 Å². The van der Waals surface area contributed by atoms with Gasteiger partial charge in [0.05, 0.1) is 0 Å². The number of allylic oxidation sites excluding steroid dienone is 4. The number of hydrogen-bond donors (Lipinski definition) is 0. The Balaban J connectivity index is 0.00000756. The summed E-state index contributed by atoms with van der Waals surface area (Å²) in [6.07, 6.45) is 8.71. The Morgan fingerprint density at radius 1 is 0.464 bits per heavy atom. The molecular weight excluding hydrogens is 795 g/mol. The Kier molecular flexibility index (Phi) is 18.3. The van der Waals surface area contributed by atoms with Gasteiger partial charge in [0.25, 0.3) is 0 Å². The van der Waals surface area contributed by atoms with Crippen LogP contribution >= 0.6 is 0 Å². The number of rotatable bonds is 6. The summed E-state index contributed by atoms with van der Waals surface area (Å²) in [6, 6.07) is 23.4. The van der Waals surface area contributed by atoms with Crippen LogP contribution in [0, 0.1) is 12.0 Å². The van der Waals surface area contributed by atoms with E-state index >= 15 is 0 Å². The van der Waals surface area contributed by atoms with Crippen LogP contribution in [0.5, 0.6) is 0 Å². The van der Waals surface area contributed by atoms with E-state index in [1.807, 2.05) is 0 Å². The fourth-order valence-electron chi connectivity index (χ4n) is 7.55. The maximum absolute atomic E-state index is 4.19. The molecular formula is C51H75Cl3SiTi. The van der Waals surface area contributed by atoms with E-state index < -0.39 is 8.07 Å². The van der Waals surface area contributed by atoms with Crippen LogP contribution in [0.15, 0.2) is 71.4 Å². The second kappa shape index (κ2) is 18.7. The van der Waals surface area contributed by atoms with Crippen molar-refractivity contribution in [3.8, 4) is 0 Å². The largest absolute Gasteiger partial charge is 4.00 e. The fraction of sp³-hybridized carbons (Fsp3) is 0.569. The van der Waals surface area contributed by atoms with Gasteiger partial charge in [-0.05, 0) is 81.4 Å². The topological polar surface area (TPSA) is 0 Å². The molecule has 0 radical (unpaired) electrons. The second-order valence-electron chi connectivity index (χ2n) is 22.4. The van der Waals surface area contributed by atoms with E-state index in [4.69, 9.17) is 0 Å². The van der Waals surface area contributed by atoms with Crippen molar-refractivity contribution < 1.29 is 58.9 Å². The third kappa shape index (κ3) is 11.6. The summed E-state index contributed by atoms with van der Waals surface area (Å²) in [5.41, 5.74) is 10.0. The van der Waals surface area contributed by atoms with Crippen LogP contribution in [0.2, 0.25) is 0 Å². The molecule has 1 unspecified atom stereocenters. The van der Waals surface area contributed by atoms with Crippen LogP contribution in [0.1, 0.15) is 185 Å². The van der Waals surface area contributed by atoms with E-state index in [9.17, 15) is 0 Å². The van der Waals surface area contributed by atoms with Crippen molar-refractivity contribution in [2.45, 2.75) is 184 Å². The fourth-order valence-corrected chi connectivity index (χ4v) is 12.8. The third-order valence-electron chi connectivity index (χ3n) is 11.7. The summed E-state index contributed by atoms with van der Waals surface area (Å²) in [6.45, 7) is 47.9. The van der Waals surface area contributed by atoms with Crippen molar-refractivity contribution >= 4 is 23.6 Å². The molecule has 3 aromatic carbocycles. The second-order valence-corrected chi connectivity index (χ2v) is 26.1. The van der Waals surface area contributed by atoms with E-state index in [-0.39, 0.29) is 91.4 Å². The molecule has 0 nitrogen and oxygen atoms in total. The number of hydrogen-bond acceptors (Lipinski definition) is 0. The zero-order valence-corrected chi connectivity index (χ0v) is 43.7. The molecule has 1 atom stereocenters. The maximum Gasteiger partial charge on any atom is 4.00 e. The average Bonchev–Trinajstić information content (AvgIpc) is 3.48. The van der Waals surface area contributed by atoms with E-state index in [0.29, 0.717) is 5.92 Å². The molecule has 1 aliphatic rings. The van der Waals surface area contributed by atoms with Gasteiger partial charge in [-0.2, -0.15) is 11.6 Å². The van der Waals surface area contributed by atoms with Crippen molar-refractivity contribution in [3.63, 3.8) is 0 Å². The Morgan fingerprint density at radius 2 is 0.696 bits per heavy atom. The van der Waals surface area contributed by atoms with Gasteiger partial charge in [-0.15, -0.1) is 6.42 Å². The maximum atomic E-state index is 4.19. The summed E-state index contributed by atoms with van der Waals surface area (Å²) >= 11 is 0. The van der Waals surface area contributed by atoms with Crippen LogP contribution in [0.25, 0.3) is 0 Å². The Morgan fingerprint density at radius 3 is 0.893 bits per heavy atom. The van der Waals surface area contributed by atoms with Gasteiger partial charge >= 0.3 is 21.7 Å². The molecule has 1 aliphatic carbocycles. The van der Waals surface area contributed by atoms with E-state index in [2.05, 4.69) is 205 Å². The quantitative estimate of drug-likeness (QED) is 0.202. The normalized spacial score (nSPS) is 14.7. The Bertz CT molecular complexity index is 1580. The Labute approximate surface area is 380 Å². The molecule has 5 heteroatoms. The van der Waals surface area contributed by atoms with Gasteiger partial charge in [-0.1, -0.05) is 205 Å². The predicted molar refractivity (Wildman–Crippen MR) is 235 cm³/mol. The molecule has 0 aromatic heterocycles. The first kappa shape index (κ1) is 54.9. The first-order valence-electron chi connectivity index (χ1n) is 20.2. The van der Waals surface area contributed by atoms with Gasteiger partial charge in [0.15, 0.2) is 0 Å². The molecule has 0 heterocycles. The zero-order valence-electron chi connectivity index (χ0n) is 38.9. The smallest absolute Gasteiger partial charge is 1.00 e. The molecule has 0 bridgehead atoms. The molecule has 0 saturated carbocycles. The molecule has 3 aromatic rings. The van der Waals surface area contributed by atoms with Gasteiger partial charge in [-0.25, -0.2) is 5.20 Å². The standard InChI is InChI=1S/C51H75Si.3ClH.Ti/c1-21-34(2)44-23-22-24-45(44)52(41-28-35(46(3,4)5)25-36(29-41)47(6,7)8,42-30-37(48(9,10)11)26-38(31-42)49(12,13)14)43-32-39(50(15,16)17)27-40(33-43)51(18,19)20;;;;/h23,25-34H,21-22H2,1-20H3;3*1H;/q-1;;;;+4/p-3. The summed E-state index contributed by atoms with van der Waals surface area (Å²) in [4.78, 5) is 0. The van der Waals surface area contributed by atoms with E-state index in [1.54, 1.807) is 0 Å². The number of benzene rings is 3. The summed E-state index contributed by atoms with van der Waals surface area (Å²) < 4.78 is 0. The first-order chi connectivity index (χ1) is 23.4. The monoisotopic (exact) mass is 868 g/mol. The summed E-state index contributed by atoms with van der Waals surface area (Å²) in [5.74, 6) is 0.450. The zero-order chi connectivity index (χ0) is 39.6. The summed E-state index contributed by atoms with van der Waals surface area (Å²) in [7, 11) is -3.06. The SMILES string of the molecule is CCC(C)C1=CC[C-]=C1[Si](c1cc(C(C)(C)C)cc(C(C)(C)C)c1)(c1cc(C(C)(C)C)cc(C(C)(C)C)c1)c1cc(C(C)(C)C)cc(C(C)(C)C)c1.[Cl-].[Cl-].[Cl-].[Ti+4]. The van der Waals surface area contributed by atoms with Gasteiger partial charge in [0.1, 0.15) is 8.07 Å². The molecule has 0 N–H and O–H groups in total. The Hall–Kier alpha value is -1.06. The van der Waals surface area contributed by atoms with Crippen LogP contribution in [-0.2, 0) is 54.2 Å². The first-order valence-corrected chi connectivity index (χ1v) is 22.2. The summed E-state index contributed by atoms with van der Waals surface area (Å²) in [5, 5.41) is 5.99. The average molecular weight is 870 g/mol. The van der Waals surface area contributed by atoms with Crippen LogP contribution < -0.4 is 52.8 Å². The van der Waals surface area contributed by atoms with Gasteiger partial charge in [0.2, 0.25) is 0 Å². The minimum Gasteiger partial charge on any atom is -1.00 e. The predicted octanol–water partition coefficient (Wildman–Crippen LogP) is 3.60. The molecule has 0 amide bonds. The van der Waals surface area contributed by atoms with Crippen molar-refractivity contribution in [2.24, 2.45) is 5.92 Å². The molecule has 0 fully saturated rings. The van der Waals surface area contributed by atoms with Gasteiger partial charge in [0, 0.05) is 0 Å². The minimum atomic E-state index is -3.06. The van der Waals surface area contributed by atoms with Crippen LogP contribution in [0.3, 0.4) is 0 Å². The molecule has 4 rings (SSSR count). The molecule has 308 valence electrons. The van der Waals surface area contributed by atoms with Crippen LogP contribution in [-0.4, -0.2) is 8.07 Å².